The highest BCUT2D eigenvalue weighted by Gasteiger charge is 2.14. The number of fused-ring (bicyclic) bond motifs is 1. The molecule has 170 valence electrons. The van der Waals surface area contributed by atoms with E-state index < -0.39 is 0 Å². The first-order valence-electron chi connectivity index (χ1n) is 11.1. The molecule has 1 heterocycles. The van der Waals surface area contributed by atoms with Gasteiger partial charge in [0.15, 0.2) is 0 Å². The quantitative estimate of drug-likeness (QED) is 0.357. The van der Waals surface area contributed by atoms with Gasteiger partial charge in [-0.1, -0.05) is 36.4 Å². The number of ether oxygens (including phenoxy) is 1. The van der Waals surface area contributed by atoms with Gasteiger partial charge in [0.05, 0.1) is 0 Å². The number of hydrogen-bond donors (Lipinski definition) is 2. The third kappa shape index (κ3) is 5.93. The number of benzene rings is 3. The second-order valence-corrected chi connectivity index (χ2v) is 8.41. The van der Waals surface area contributed by atoms with E-state index in [-0.39, 0.29) is 12.1 Å². The smallest absolute Gasteiger partial charge is 0.323 e. The predicted molar refractivity (Wildman–Crippen MR) is 135 cm³/mol. The molecule has 1 aromatic heterocycles. The van der Waals surface area contributed by atoms with Crippen molar-refractivity contribution in [3.63, 3.8) is 0 Å². The number of amides is 2. The van der Waals surface area contributed by atoms with Gasteiger partial charge in [-0.3, -0.25) is 0 Å². The second-order valence-electron chi connectivity index (χ2n) is 8.41. The Labute approximate surface area is 194 Å². The lowest BCUT2D eigenvalue weighted by atomic mass is 10.1. The highest BCUT2D eigenvalue weighted by atomic mass is 16.5. The van der Waals surface area contributed by atoms with E-state index in [0.717, 1.165) is 40.9 Å². The molecule has 0 radical (unpaired) electrons. The summed E-state index contributed by atoms with van der Waals surface area (Å²) in [5.74, 6) is 0.766. The number of hydrogen-bond acceptors (Lipinski definition) is 3. The Hall–Kier alpha value is -3.77. The lowest BCUT2D eigenvalue weighted by molar-refractivity contribution is 0.179. The summed E-state index contributed by atoms with van der Waals surface area (Å²) >= 11 is 0. The zero-order valence-corrected chi connectivity index (χ0v) is 19.3. The van der Waals surface area contributed by atoms with E-state index >= 15 is 0 Å². The molecule has 0 bridgehead atoms. The van der Waals surface area contributed by atoms with Crippen LogP contribution in [0.4, 0.5) is 16.2 Å². The largest absolute Gasteiger partial charge is 0.486 e. The fraction of sp³-hybridized carbons (Fsp3) is 0.222. The standard InChI is InChI=1S/C27H30N4O2/c1-30(2)17-16-26(21-7-5-4-6-8-21)33-24-13-11-22(12-14-24)28-27(32)29-23-10-9-20-15-18-31(3)25(20)19-23/h4-15,18-19,26H,16-17H2,1-3H3,(H2,28,29,32). The van der Waals surface area contributed by atoms with Gasteiger partial charge < -0.3 is 24.8 Å². The summed E-state index contributed by atoms with van der Waals surface area (Å²) in [7, 11) is 6.11. The van der Waals surface area contributed by atoms with Crippen molar-refractivity contribution in [2.75, 3.05) is 31.3 Å². The maximum absolute atomic E-state index is 12.5. The fourth-order valence-electron chi connectivity index (χ4n) is 3.75. The summed E-state index contributed by atoms with van der Waals surface area (Å²) in [6.45, 7) is 0.925. The molecular formula is C27H30N4O2. The van der Waals surface area contributed by atoms with Crippen LogP contribution in [-0.2, 0) is 7.05 Å². The molecule has 0 aliphatic rings. The number of rotatable bonds is 8. The van der Waals surface area contributed by atoms with Crippen LogP contribution in [0, 0.1) is 0 Å². The number of carbonyl (C=O) groups excluding carboxylic acids is 1. The summed E-state index contributed by atoms with van der Waals surface area (Å²) in [6, 6.07) is 25.3. The zero-order chi connectivity index (χ0) is 23.2. The molecule has 6 heteroatoms. The van der Waals surface area contributed by atoms with Crippen LogP contribution in [0.1, 0.15) is 18.1 Å². The van der Waals surface area contributed by atoms with Gasteiger partial charge in [0.25, 0.3) is 0 Å². The molecule has 2 amide bonds. The maximum atomic E-state index is 12.5. The molecule has 0 saturated heterocycles. The minimum atomic E-state index is -0.287. The Morgan fingerprint density at radius 1 is 0.939 bits per heavy atom. The van der Waals surface area contributed by atoms with Crippen LogP contribution in [0.3, 0.4) is 0 Å². The monoisotopic (exact) mass is 442 g/mol. The van der Waals surface area contributed by atoms with Gasteiger partial charge in [0.2, 0.25) is 0 Å². The number of anilines is 2. The molecule has 2 N–H and O–H groups in total. The van der Waals surface area contributed by atoms with Crippen LogP contribution >= 0.6 is 0 Å². The van der Waals surface area contributed by atoms with Gasteiger partial charge in [0.1, 0.15) is 11.9 Å². The lowest BCUT2D eigenvalue weighted by Gasteiger charge is -2.21. The Balaban J connectivity index is 1.38. The molecule has 0 spiro atoms. The Bertz CT molecular complexity index is 1200. The minimum Gasteiger partial charge on any atom is -0.486 e. The molecule has 1 atom stereocenters. The van der Waals surface area contributed by atoms with Crippen LogP contribution in [-0.4, -0.2) is 36.1 Å². The van der Waals surface area contributed by atoms with Gasteiger partial charge in [-0.05, 0) is 67.5 Å². The van der Waals surface area contributed by atoms with E-state index in [1.54, 1.807) is 0 Å². The van der Waals surface area contributed by atoms with E-state index in [1.165, 1.54) is 0 Å². The van der Waals surface area contributed by atoms with Crippen molar-refractivity contribution in [1.82, 2.24) is 9.47 Å². The molecule has 33 heavy (non-hydrogen) atoms. The highest BCUT2D eigenvalue weighted by molar-refractivity contribution is 6.01. The molecule has 6 nitrogen and oxygen atoms in total. The Kier molecular flexibility index (Phi) is 6.95. The number of carbonyl (C=O) groups is 1. The minimum absolute atomic E-state index is 0.0388. The summed E-state index contributed by atoms with van der Waals surface area (Å²) in [6.07, 6.45) is 2.84. The van der Waals surface area contributed by atoms with E-state index in [4.69, 9.17) is 4.74 Å². The van der Waals surface area contributed by atoms with Crippen LogP contribution < -0.4 is 15.4 Å². The van der Waals surface area contributed by atoms with Gasteiger partial charge in [-0.25, -0.2) is 4.79 Å². The number of aryl methyl sites for hydroxylation is 1. The first-order chi connectivity index (χ1) is 16.0. The van der Waals surface area contributed by atoms with Gasteiger partial charge in [-0.15, -0.1) is 0 Å². The van der Waals surface area contributed by atoms with Gasteiger partial charge in [-0.2, -0.15) is 0 Å². The van der Waals surface area contributed by atoms with Crippen molar-refractivity contribution in [3.05, 3.63) is 90.6 Å². The third-order valence-electron chi connectivity index (χ3n) is 5.55. The molecule has 0 aliphatic carbocycles. The Morgan fingerprint density at radius 2 is 1.64 bits per heavy atom. The molecule has 4 aromatic rings. The van der Waals surface area contributed by atoms with Crippen LogP contribution in [0.2, 0.25) is 0 Å². The molecule has 0 fully saturated rings. The van der Waals surface area contributed by atoms with Crippen molar-refractivity contribution in [2.24, 2.45) is 7.05 Å². The molecule has 0 saturated carbocycles. The molecular weight excluding hydrogens is 412 g/mol. The lowest BCUT2D eigenvalue weighted by Crippen LogP contribution is -2.19. The average molecular weight is 443 g/mol. The summed E-state index contributed by atoms with van der Waals surface area (Å²) in [5, 5.41) is 6.91. The average Bonchev–Trinajstić information content (AvgIpc) is 3.18. The van der Waals surface area contributed by atoms with Crippen LogP contribution in [0.25, 0.3) is 10.9 Å². The Morgan fingerprint density at radius 3 is 2.36 bits per heavy atom. The van der Waals surface area contributed by atoms with E-state index in [0.29, 0.717) is 5.69 Å². The number of aromatic nitrogens is 1. The summed E-state index contributed by atoms with van der Waals surface area (Å²) in [4.78, 5) is 14.6. The number of nitrogens with zero attached hydrogens (tertiary/aromatic N) is 2. The SMILES string of the molecule is CN(C)CCC(Oc1ccc(NC(=O)Nc2ccc3ccn(C)c3c2)cc1)c1ccccc1. The molecule has 0 aliphatic heterocycles. The van der Waals surface area contributed by atoms with Gasteiger partial charge >= 0.3 is 6.03 Å². The van der Waals surface area contributed by atoms with E-state index in [9.17, 15) is 4.79 Å². The van der Waals surface area contributed by atoms with E-state index in [1.807, 2.05) is 84.5 Å². The van der Waals surface area contributed by atoms with Crippen LogP contribution in [0.5, 0.6) is 5.75 Å². The topological polar surface area (TPSA) is 58.5 Å². The van der Waals surface area contributed by atoms with Crippen molar-refractivity contribution in [2.45, 2.75) is 12.5 Å². The summed E-state index contributed by atoms with van der Waals surface area (Å²) < 4.78 is 8.32. The van der Waals surface area contributed by atoms with Crippen molar-refractivity contribution < 1.29 is 9.53 Å². The normalized spacial score (nSPS) is 12.0. The number of nitrogens with one attached hydrogen (secondary N) is 2. The maximum Gasteiger partial charge on any atom is 0.323 e. The van der Waals surface area contributed by atoms with Gasteiger partial charge in [0, 0.05) is 43.1 Å². The number of urea groups is 1. The molecule has 4 rings (SSSR count). The highest BCUT2D eigenvalue weighted by Crippen LogP contribution is 2.26. The van der Waals surface area contributed by atoms with Crippen molar-refractivity contribution in [3.8, 4) is 5.75 Å². The fourth-order valence-corrected chi connectivity index (χ4v) is 3.75. The van der Waals surface area contributed by atoms with E-state index in [2.05, 4.69) is 41.8 Å². The van der Waals surface area contributed by atoms with Crippen LogP contribution in [0.15, 0.2) is 85.1 Å². The first kappa shape index (κ1) is 22.4. The first-order valence-corrected chi connectivity index (χ1v) is 11.1. The zero-order valence-electron chi connectivity index (χ0n) is 19.3. The second kappa shape index (κ2) is 10.2. The summed E-state index contributed by atoms with van der Waals surface area (Å²) in [5.41, 5.74) is 3.66. The van der Waals surface area contributed by atoms with Crippen molar-refractivity contribution >= 4 is 28.3 Å². The third-order valence-corrected chi connectivity index (χ3v) is 5.55. The van der Waals surface area contributed by atoms with Crippen molar-refractivity contribution in [1.29, 1.82) is 0 Å². The molecule has 3 aromatic carbocycles. The molecule has 1 unspecified atom stereocenters. The predicted octanol–water partition coefficient (Wildman–Crippen LogP) is 5.89.